The number of hydrogen-bond acceptors (Lipinski definition) is 4. The molecule has 1 saturated carbocycles. The summed E-state index contributed by atoms with van der Waals surface area (Å²) < 4.78 is 9.47. The first-order chi connectivity index (χ1) is 16.7. The Morgan fingerprint density at radius 2 is 1.79 bits per heavy atom. The third kappa shape index (κ3) is 6.37. The van der Waals surface area contributed by atoms with E-state index in [0.717, 1.165) is 42.5 Å². The van der Waals surface area contributed by atoms with Crippen molar-refractivity contribution in [3.8, 4) is 5.75 Å². The molecule has 4 rings (SSSR count). The molecule has 0 aliphatic heterocycles. The zero-order valence-corrected chi connectivity index (χ0v) is 21.5. The molecule has 0 saturated heterocycles. The third-order valence-corrected chi connectivity index (χ3v) is 7.92. The quantitative estimate of drug-likeness (QED) is 0.192. The van der Waals surface area contributed by atoms with E-state index in [4.69, 9.17) is 16.3 Å². The summed E-state index contributed by atoms with van der Waals surface area (Å²) in [4.78, 5) is 0. The first-order valence-electron chi connectivity index (χ1n) is 12.3. The molecule has 1 unspecified atom stereocenters. The highest BCUT2D eigenvalue weighted by Gasteiger charge is 2.46. The van der Waals surface area contributed by atoms with Gasteiger partial charge in [-0.1, -0.05) is 91.5 Å². The lowest BCUT2D eigenvalue weighted by Gasteiger charge is -2.49. The van der Waals surface area contributed by atoms with E-state index in [1.807, 2.05) is 12.1 Å². The second-order valence-electron chi connectivity index (χ2n) is 8.98. The maximum Gasteiger partial charge on any atom is 0.119 e. The normalized spacial score (nSPS) is 15.5. The van der Waals surface area contributed by atoms with Gasteiger partial charge in [0, 0.05) is 35.3 Å². The van der Waals surface area contributed by atoms with E-state index in [2.05, 4.69) is 83.7 Å². The van der Waals surface area contributed by atoms with Gasteiger partial charge in [0.15, 0.2) is 0 Å². The summed E-state index contributed by atoms with van der Waals surface area (Å²) >= 11 is 8.00. The van der Waals surface area contributed by atoms with Crippen LogP contribution in [-0.4, -0.2) is 18.9 Å². The Hall–Kier alpha value is -1.98. The molecule has 3 nitrogen and oxygen atoms in total. The van der Waals surface area contributed by atoms with Gasteiger partial charge in [-0.3, -0.25) is 4.72 Å². The van der Waals surface area contributed by atoms with Crippen molar-refractivity contribution in [1.82, 2.24) is 10.0 Å². The van der Waals surface area contributed by atoms with Crippen LogP contribution in [-0.2, 0) is 12.0 Å². The summed E-state index contributed by atoms with van der Waals surface area (Å²) in [7, 11) is 0. The van der Waals surface area contributed by atoms with E-state index in [0.29, 0.717) is 6.61 Å². The van der Waals surface area contributed by atoms with Crippen LogP contribution in [0, 0.1) is 0 Å². The predicted molar refractivity (Wildman–Crippen MR) is 146 cm³/mol. The number of halogens is 1. The Labute approximate surface area is 213 Å². The molecule has 1 aliphatic carbocycles. The molecule has 1 aliphatic rings. The average Bonchev–Trinajstić information content (AvgIpc) is 2.84. The predicted octanol–water partition coefficient (Wildman–Crippen LogP) is 7.32. The van der Waals surface area contributed by atoms with Crippen LogP contribution in [0.2, 0.25) is 5.02 Å². The minimum absolute atomic E-state index is 0.0519. The van der Waals surface area contributed by atoms with Gasteiger partial charge < -0.3 is 10.1 Å². The first-order valence-corrected chi connectivity index (χ1v) is 13.7. The van der Waals surface area contributed by atoms with Gasteiger partial charge in [-0.2, -0.15) is 0 Å². The highest BCUT2D eigenvalue weighted by atomic mass is 35.5. The summed E-state index contributed by atoms with van der Waals surface area (Å²) in [5, 5.41) is 4.71. The van der Waals surface area contributed by atoms with Crippen LogP contribution in [0.1, 0.15) is 55.3 Å². The van der Waals surface area contributed by atoms with Crippen molar-refractivity contribution in [3.63, 3.8) is 0 Å². The fraction of sp³-hybridized carbons (Fsp3) is 0.379. The maximum absolute atomic E-state index is 6.23. The lowest BCUT2D eigenvalue weighted by atomic mass is 9.58. The maximum atomic E-state index is 6.23. The summed E-state index contributed by atoms with van der Waals surface area (Å²) in [6, 6.07) is 27.9. The number of benzene rings is 3. The monoisotopic (exact) mass is 494 g/mol. The molecule has 0 amide bonds. The number of hydrogen-bond donors (Lipinski definition) is 2. The Balaban J connectivity index is 1.55. The van der Waals surface area contributed by atoms with Crippen molar-refractivity contribution in [2.24, 2.45) is 0 Å². The van der Waals surface area contributed by atoms with E-state index in [9.17, 15) is 0 Å². The molecule has 0 heterocycles. The summed E-state index contributed by atoms with van der Waals surface area (Å²) in [5.41, 5.74) is 3.98. The lowest BCUT2D eigenvalue weighted by Crippen LogP contribution is -2.46. The van der Waals surface area contributed by atoms with Gasteiger partial charge in [-0.25, -0.2) is 0 Å². The Kier molecular flexibility index (Phi) is 9.34. The molecule has 180 valence electrons. The van der Waals surface area contributed by atoms with E-state index in [1.54, 1.807) is 11.9 Å². The van der Waals surface area contributed by atoms with Crippen LogP contribution in [0.4, 0.5) is 0 Å². The van der Waals surface area contributed by atoms with Gasteiger partial charge in [-0.15, -0.1) is 0 Å². The topological polar surface area (TPSA) is 33.3 Å². The van der Waals surface area contributed by atoms with Gasteiger partial charge in [-0.05, 0) is 60.2 Å². The van der Waals surface area contributed by atoms with Gasteiger partial charge in [0.2, 0.25) is 0 Å². The van der Waals surface area contributed by atoms with Crippen LogP contribution in [0.15, 0.2) is 78.9 Å². The summed E-state index contributed by atoms with van der Waals surface area (Å²) in [6.45, 7) is 4.51. The largest absolute Gasteiger partial charge is 0.492 e. The summed E-state index contributed by atoms with van der Waals surface area (Å²) in [5.74, 6) is 2.05. The van der Waals surface area contributed by atoms with Crippen LogP contribution in [0.25, 0.3) is 0 Å². The lowest BCUT2D eigenvalue weighted by molar-refractivity contribution is 0.168. The zero-order valence-electron chi connectivity index (χ0n) is 19.9. The molecule has 1 atom stereocenters. The molecule has 34 heavy (non-hydrogen) atoms. The zero-order chi connectivity index (χ0) is 23.6. The molecule has 1 fully saturated rings. The van der Waals surface area contributed by atoms with E-state index >= 15 is 0 Å². The van der Waals surface area contributed by atoms with Crippen molar-refractivity contribution in [1.29, 1.82) is 0 Å². The van der Waals surface area contributed by atoms with Crippen LogP contribution >= 0.6 is 23.5 Å². The Morgan fingerprint density at radius 3 is 2.50 bits per heavy atom. The second kappa shape index (κ2) is 12.6. The molecule has 0 radical (unpaired) electrons. The second-order valence-corrected chi connectivity index (χ2v) is 10.4. The van der Waals surface area contributed by atoms with Gasteiger partial charge in [0.1, 0.15) is 12.4 Å². The first kappa shape index (κ1) is 25.1. The molecule has 3 aromatic carbocycles. The number of ether oxygens (including phenoxy) is 1. The highest BCUT2D eigenvalue weighted by Crippen LogP contribution is 2.52. The van der Waals surface area contributed by atoms with Crippen molar-refractivity contribution in [2.75, 3.05) is 18.9 Å². The van der Waals surface area contributed by atoms with Gasteiger partial charge in [0.05, 0.1) is 0 Å². The third-order valence-electron chi connectivity index (χ3n) is 6.64. The van der Waals surface area contributed by atoms with Crippen LogP contribution in [0.3, 0.4) is 0 Å². The minimum Gasteiger partial charge on any atom is -0.492 e. The molecular weight excluding hydrogens is 460 g/mol. The van der Waals surface area contributed by atoms with Crippen LogP contribution in [0.5, 0.6) is 5.75 Å². The molecule has 3 aromatic rings. The SMILES string of the molecule is CCCSNCCOc1cccc(C(NCc2ccccc2)C2(c3ccc(Cl)cc3)CCC2)c1. The smallest absolute Gasteiger partial charge is 0.119 e. The van der Waals surface area contributed by atoms with Crippen LogP contribution < -0.4 is 14.8 Å². The summed E-state index contributed by atoms with van der Waals surface area (Å²) in [6.07, 6.45) is 4.73. The number of nitrogens with one attached hydrogen (secondary N) is 2. The van der Waals surface area contributed by atoms with E-state index in [-0.39, 0.29) is 11.5 Å². The Morgan fingerprint density at radius 1 is 1.00 bits per heavy atom. The molecule has 5 heteroatoms. The van der Waals surface area contributed by atoms with Crippen molar-refractivity contribution >= 4 is 23.5 Å². The van der Waals surface area contributed by atoms with Crippen molar-refractivity contribution in [3.05, 3.63) is 101 Å². The Bertz CT molecular complexity index is 1010. The fourth-order valence-corrected chi connectivity index (χ4v) is 5.47. The molecular formula is C29H35ClN2OS. The minimum atomic E-state index is 0.0519. The fourth-order valence-electron chi connectivity index (χ4n) is 4.77. The van der Waals surface area contributed by atoms with Crippen molar-refractivity contribution < 1.29 is 4.74 Å². The molecule has 2 N–H and O–H groups in total. The average molecular weight is 495 g/mol. The molecule has 0 bridgehead atoms. The molecule has 0 spiro atoms. The highest BCUT2D eigenvalue weighted by molar-refractivity contribution is 7.97. The van der Waals surface area contributed by atoms with E-state index < -0.39 is 0 Å². The van der Waals surface area contributed by atoms with E-state index in [1.165, 1.54) is 29.5 Å². The standard InChI is InChI=1S/C29H35ClN2OS/c1-2-20-34-32-18-19-33-27-11-6-10-24(21-27)28(31-22-23-8-4-3-5-9-23)29(16-7-17-29)25-12-14-26(30)15-13-25/h3-6,8-15,21,28,31-32H,2,7,16-20,22H2,1H3. The van der Waals surface area contributed by atoms with Crippen molar-refractivity contribution in [2.45, 2.75) is 50.6 Å². The molecule has 0 aromatic heterocycles. The van der Waals surface area contributed by atoms with Gasteiger partial charge >= 0.3 is 0 Å². The number of rotatable bonds is 13. The van der Waals surface area contributed by atoms with Gasteiger partial charge in [0.25, 0.3) is 0 Å².